The molecule has 2 aromatic carbocycles. The Labute approximate surface area is 142 Å². The summed E-state index contributed by atoms with van der Waals surface area (Å²) < 4.78 is 10.2. The van der Waals surface area contributed by atoms with E-state index >= 15 is 0 Å². The first-order chi connectivity index (χ1) is 11.9. The molecule has 0 saturated carbocycles. The standard InChI is InChI=1S/C16H15N3O6/c1-24-13-6-10(7-14(8-13)25-2)16(21)18-17-9-11-5-12(19(22)23)3-4-15(11)20/h3-9,20H,1-2H3,(H,18,21)/b17-9+. The molecule has 0 atom stereocenters. The van der Waals surface area contributed by atoms with E-state index in [1.807, 2.05) is 0 Å². The van der Waals surface area contributed by atoms with Crippen LogP contribution in [-0.4, -0.2) is 36.4 Å². The zero-order chi connectivity index (χ0) is 18.4. The number of nitrogens with zero attached hydrogens (tertiary/aromatic N) is 2. The van der Waals surface area contributed by atoms with Gasteiger partial charge in [0.15, 0.2) is 0 Å². The van der Waals surface area contributed by atoms with Crippen LogP contribution in [-0.2, 0) is 0 Å². The molecule has 0 aliphatic heterocycles. The first-order valence-corrected chi connectivity index (χ1v) is 6.98. The first-order valence-electron chi connectivity index (χ1n) is 6.98. The second-order valence-electron chi connectivity index (χ2n) is 4.80. The van der Waals surface area contributed by atoms with Gasteiger partial charge < -0.3 is 14.6 Å². The Balaban J connectivity index is 2.16. The summed E-state index contributed by atoms with van der Waals surface area (Å²) in [5.74, 6) is 0.125. The molecule has 0 saturated heterocycles. The molecular weight excluding hydrogens is 330 g/mol. The number of phenolic OH excluding ortho intramolecular Hbond substituents is 1. The van der Waals surface area contributed by atoms with Crippen LogP contribution in [0, 0.1) is 10.1 Å². The van der Waals surface area contributed by atoms with Crippen LogP contribution in [0.15, 0.2) is 41.5 Å². The number of non-ortho nitro benzene ring substituents is 1. The molecule has 0 unspecified atom stereocenters. The smallest absolute Gasteiger partial charge is 0.271 e. The molecular formula is C16H15N3O6. The second-order valence-corrected chi connectivity index (χ2v) is 4.80. The number of ether oxygens (including phenoxy) is 2. The molecule has 0 radical (unpaired) electrons. The summed E-state index contributed by atoms with van der Waals surface area (Å²) in [6.07, 6.45) is 1.11. The van der Waals surface area contributed by atoms with Crippen molar-refractivity contribution in [1.82, 2.24) is 5.43 Å². The van der Waals surface area contributed by atoms with E-state index in [0.29, 0.717) is 11.5 Å². The number of hydrogen-bond acceptors (Lipinski definition) is 7. The number of nitrogens with one attached hydrogen (secondary N) is 1. The number of rotatable bonds is 6. The van der Waals surface area contributed by atoms with Crippen LogP contribution in [0.5, 0.6) is 17.2 Å². The minimum absolute atomic E-state index is 0.0951. The molecule has 0 fully saturated rings. The molecule has 2 N–H and O–H groups in total. The average molecular weight is 345 g/mol. The fourth-order valence-electron chi connectivity index (χ4n) is 1.92. The molecule has 0 aliphatic rings. The lowest BCUT2D eigenvalue weighted by Crippen LogP contribution is -2.17. The lowest BCUT2D eigenvalue weighted by molar-refractivity contribution is -0.384. The molecule has 0 heterocycles. The monoisotopic (exact) mass is 345 g/mol. The lowest BCUT2D eigenvalue weighted by atomic mass is 10.2. The summed E-state index contributed by atoms with van der Waals surface area (Å²) in [7, 11) is 2.92. The van der Waals surface area contributed by atoms with Crippen molar-refractivity contribution in [1.29, 1.82) is 0 Å². The molecule has 9 nitrogen and oxygen atoms in total. The Kier molecular flexibility index (Phi) is 5.51. The maximum Gasteiger partial charge on any atom is 0.271 e. The van der Waals surface area contributed by atoms with Gasteiger partial charge in [0.1, 0.15) is 17.2 Å². The molecule has 0 aromatic heterocycles. The van der Waals surface area contributed by atoms with Crippen molar-refractivity contribution in [3.8, 4) is 17.2 Å². The van der Waals surface area contributed by atoms with E-state index in [1.54, 1.807) is 6.07 Å². The van der Waals surface area contributed by atoms with Crippen LogP contribution in [0.25, 0.3) is 0 Å². The summed E-state index contributed by atoms with van der Waals surface area (Å²) >= 11 is 0. The number of nitro benzene ring substituents is 1. The molecule has 130 valence electrons. The second kappa shape index (κ2) is 7.77. The molecule has 0 spiro atoms. The van der Waals surface area contributed by atoms with Gasteiger partial charge in [0.25, 0.3) is 11.6 Å². The minimum atomic E-state index is -0.599. The quantitative estimate of drug-likeness (QED) is 0.469. The van der Waals surface area contributed by atoms with Gasteiger partial charge in [0.05, 0.1) is 25.4 Å². The Hall–Kier alpha value is -3.62. The van der Waals surface area contributed by atoms with Gasteiger partial charge in [-0.25, -0.2) is 5.43 Å². The predicted octanol–water partition coefficient (Wildman–Crippen LogP) is 2.08. The van der Waals surface area contributed by atoms with E-state index in [0.717, 1.165) is 18.3 Å². The average Bonchev–Trinajstić information content (AvgIpc) is 2.62. The van der Waals surface area contributed by atoms with E-state index < -0.39 is 10.8 Å². The molecule has 2 rings (SSSR count). The first kappa shape index (κ1) is 17.7. The SMILES string of the molecule is COc1cc(OC)cc(C(=O)N/N=C/c2cc([N+](=O)[O-])ccc2O)c1. The van der Waals surface area contributed by atoms with E-state index in [1.165, 1.54) is 32.4 Å². The number of hydrazone groups is 1. The van der Waals surface area contributed by atoms with Gasteiger partial charge in [0, 0.05) is 29.3 Å². The van der Waals surface area contributed by atoms with Crippen molar-refractivity contribution in [2.24, 2.45) is 5.10 Å². The predicted molar refractivity (Wildman–Crippen MR) is 89.4 cm³/mol. The third-order valence-corrected chi connectivity index (χ3v) is 3.21. The van der Waals surface area contributed by atoms with E-state index in [2.05, 4.69) is 10.5 Å². The lowest BCUT2D eigenvalue weighted by Gasteiger charge is -2.07. The maximum absolute atomic E-state index is 12.1. The number of nitro groups is 1. The number of aromatic hydroxyl groups is 1. The molecule has 2 aromatic rings. The fraction of sp³-hybridized carbons (Fsp3) is 0.125. The summed E-state index contributed by atoms with van der Waals surface area (Å²) in [6.45, 7) is 0. The summed E-state index contributed by atoms with van der Waals surface area (Å²) in [6, 6.07) is 8.08. The van der Waals surface area contributed by atoms with E-state index in [4.69, 9.17) is 9.47 Å². The Morgan fingerprint density at radius 1 is 1.20 bits per heavy atom. The zero-order valence-corrected chi connectivity index (χ0v) is 13.4. The molecule has 25 heavy (non-hydrogen) atoms. The highest BCUT2D eigenvalue weighted by molar-refractivity contribution is 5.96. The van der Waals surface area contributed by atoms with Gasteiger partial charge in [-0.2, -0.15) is 5.10 Å². The highest BCUT2D eigenvalue weighted by Gasteiger charge is 2.11. The summed E-state index contributed by atoms with van der Waals surface area (Å²) in [5.41, 5.74) is 2.40. The number of methoxy groups -OCH3 is 2. The normalized spacial score (nSPS) is 10.5. The highest BCUT2D eigenvalue weighted by atomic mass is 16.6. The summed E-state index contributed by atoms with van der Waals surface area (Å²) in [5, 5.41) is 24.1. The van der Waals surface area contributed by atoms with E-state index in [-0.39, 0.29) is 22.6 Å². The van der Waals surface area contributed by atoms with Crippen molar-refractivity contribution < 1.29 is 24.3 Å². The van der Waals surface area contributed by atoms with Crippen molar-refractivity contribution in [3.05, 3.63) is 57.6 Å². The van der Waals surface area contributed by atoms with Gasteiger partial charge in [-0.3, -0.25) is 14.9 Å². The number of benzene rings is 2. The van der Waals surface area contributed by atoms with Crippen molar-refractivity contribution in [3.63, 3.8) is 0 Å². The number of hydrogen-bond donors (Lipinski definition) is 2. The zero-order valence-electron chi connectivity index (χ0n) is 13.4. The maximum atomic E-state index is 12.1. The van der Waals surface area contributed by atoms with Crippen LogP contribution < -0.4 is 14.9 Å². The van der Waals surface area contributed by atoms with E-state index in [9.17, 15) is 20.0 Å². The summed E-state index contributed by atoms with van der Waals surface area (Å²) in [4.78, 5) is 22.3. The highest BCUT2D eigenvalue weighted by Crippen LogP contribution is 2.23. The number of phenols is 1. The van der Waals surface area contributed by atoms with Crippen LogP contribution in [0.1, 0.15) is 15.9 Å². The Morgan fingerprint density at radius 3 is 2.40 bits per heavy atom. The Morgan fingerprint density at radius 2 is 1.84 bits per heavy atom. The topological polar surface area (TPSA) is 123 Å². The number of carbonyl (C=O) groups is 1. The van der Waals surface area contributed by atoms with Gasteiger partial charge in [0.2, 0.25) is 0 Å². The molecule has 9 heteroatoms. The van der Waals surface area contributed by atoms with Crippen LogP contribution in [0.2, 0.25) is 0 Å². The van der Waals surface area contributed by atoms with Gasteiger partial charge >= 0.3 is 0 Å². The van der Waals surface area contributed by atoms with Crippen molar-refractivity contribution >= 4 is 17.8 Å². The van der Waals surface area contributed by atoms with Gasteiger partial charge in [-0.1, -0.05) is 0 Å². The van der Waals surface area contributed by atoms with Crippen LogP contribution >= 0.6 is 0 Å². The van der Waals surface area contributed by atoms with Crippen LogP contribution in [0.3, 0.4) is 0 Å². The minimum Gasteiger partial charge on any atom is -0.507 e. The molecule has 0 bridgehead atoms. The van der Waals surface area contributed by atoms with Crippen molar-refractivity contribution in [2.45, 2.75) is 0 Å². The number of carbonyl (C=O) groups excluding carboxylic acids is 1. The number of amides is 1. The third kappa shape index (κ3) is 4.44. The van der Waals surface area contributed by atoms with Crippen molar-refractivity contribution in [2.75, 3.05) is 14.2 Å². The fourth-order valence-corrected chi connectivity index (χ4v) is 1.92. The Bertz CT molecular complexity index is 812. The largest absolute Gasteiger partial charge is 0.507 e. The molecule has 1 amide bonds. The molecule has 0 aliphatic carbocycles. The van der Waals surface area contributed by atoms with Gasteiger partial charge in [-0.05, 0) is 18.2 Å². The van der Waals surface area contributed by atoms with Gasteiger partial charge in [-0.15, -0.1) is 0 Å². The third-order valence-electron chi connectivity index (χ3n) is 3.21. The van der Waals surface area contributed by atoms with Crippen LogP contribution in [0.4, 0.5) is 5.69 Å².